The molecule has 4 heteroatoms. The summed E-state index contributed by atoms with van der Waals surface area (Å²) in [5, 5.41) is 11.9. The number of nitrogens with zero attached hydrogens (tertiary/aromatic N) is 1. The first-order valence-corrected chi connectivity index (χ1v) is 6.10. The van der Waals surface area contributed by atoms with Crippen LogP contribution < -0.4 is 5.32 Å². The largest absolute Gasteiger partial charge is 0.481 e. The zero-order chi connectivity index (χ0) is 12.2. The molecule has 0 aromatic rings. The molecule has 0 aromatic carbocycles. The van der Waals surface area contributed by atoms with Gasteiger partial charge in [-0.05, 0) is 33.6 Å². The molecule has 1 aliphatic rings. The predicted octanol–water partition coefficient (Wildman–Crippen LogP) is 1.31. The minimum Gasteiger partial charge on any atom is -0.481 e. The van der Waals surface area contributed by atoms with Crippen LogP contribution >= 0.6 is 0 Å². The Labute approximate surface area is 98.0 Å². The molecule has 0 bridgehead atoms. The van der Waals surface area contributed by atoms with Crippen LogP contribution in [0.25, 0.3) is 0 Å². The van der Waals surface area contributed by atoms with E-state index in [2.05, 4.69) is 31.0 Å². The highest BCUT2D eigenvalue weighted by atomic mass is 16.4. The van der Waals surface area contributed by atoms with Gasteiger partial charge in [-0.2, -0.15) is 0 Å². The highest BCUT2D eigenvalue weighted by molar-refractivity contribution is 5.66. The van der Waals surface area contributed by atoms with E-state index in [9.17, 15) is 4.79 Å². The molecule has 0 atom stereocenters. The third-order valence-corrected chi connectivity index (χ3v) is 3.22. The average molecular weight is 228 g/mol. The van der Waals surface area contributed by atoms with Crippen molar-refractivity contribution >= 4 is 5.97 Å². The van der Waals surface area contributed by atoms with Crippen LogP contribution in [0.15, 0.2) is 0 Å². The van der Waals surface area contributed by atoms with Crippen LogP contribution in [0.2, 0.25) is 0 Å². The topological polar surface area (TPSA) is 52.6 Å². The fourth-order valence-electron chi connectivity index (χ4n) is 2.14. The Balaban J connectivity index is 2.19. The Bertz CT molecular complexity index is 228. The first-order chi connectivity index (χ1) is 7.39. The molecule has 0 spiro atoms. The first-order valence-electron chi connectivity index (χ1n) is 6.10. The Kier molecular flexibility index (Phi) is 4.74. The van der Waals surface area contributed by atoms with Crippen LogP contribution in [-0.2, 0) is 4.79 Å². The van der Waals surface area contributed by atoms with Crippen molar-refractivity contribution < 1.29 is 9.90 Å². The number of hydrogen-bond acceptors (Lipinski definition) is 3. The predicted molar refractivity (Wildman–Crippen MR) is 64.6 cm³/mol. The van der Waals surface area contributed by atoms with Crippen molar-refractivity contribution in [2.24, 2.45) is 0 Å². The lowest BCUT2D eigenvalue weighted by Crippen LogP contribution is -2.50. The van der Waals surface area contributed by atoms with Gasteiger partial charge in [-0.25, -0.2) is 0 Å². The third kappa shape index (κ3) is 4.49. The second kappa shape index (κ2) is 5.64. The number of carboxylic acid groups (broad SMARTS) is 1. The molecular formula is C12H24N2O2. The lowest BCUT2D eigenvalue weighted by molar-refractivity contribution is -0.136. The van der Waals surface area contributed by atoms with E-state index in [1.807, 2.05) is 0 Å². The second-order valence-electron chi connectivity index (χ2n) is 5.53. The zero-order valence-corrected chi connectivity index (χ0v) is 10.6. The summed E-state index contributed by atoms with van der Waals surface area (Å²) in [5.74, 6) is -0.723. The zero-order valence-electron chi connectivity index (χ0n) is 10.6. The van der Waals surface area contributed by atoms with Crippen LogP contribution in [0.5, 0.6) is 0 Å². The first kappa shape index (κ1) is 13.5. The van der Waals surface area contributed by atoms with Crippen molar-refractivity contribution in [1.82, 2.24) is 10.2 Å². The molecule has 1 saturated heterocycles. The summed E-state index contributed by atoms with van der Waals surface area (Å²) in [4.78, 5) is 12.9. The minimum absolute atomic E-state index is 0.222. The fraction of sp³-hybridized carbons (Fsp3) is 0.917. The summed E-state index contributed by atoms with van der Waals surface area (Å²) in [7, 11) is 0. The third-order valence-electron chi connectivity index (χ3n) is 3.22. The lowest BCUT2D eigenvalue weighted by Gasteiger charge is -2.41. The van der Waals surface area contributed by atoms with Crippen molar-refractivity contribution in [3.8, 4) is 0 Å². The molecule has 0 aliphatic carbocycles. The standard InChI is InChI=1S/C12H24N2O2/c1-12(2,3)14-8-5-10(6-9-14)13-7-4-11(15)16/h10,13H,4-9H2,1-3H3,(H,15,16). The molecule has 4 nitrogen and oxygen atoms in total. The van der Waals surface area contributed by atoms with Gasteiger partial charge in [-0.15, -0.1) is 0 Å². The van der Waals surface area contributed by atoms with Crippen molar-refractivity contribution in [3.63, 3.8) is 0 Å². The number of carbonyl (C=O) groups is 1. The van der Waals surface area contributed by atoms with E-state index in [0.717, 1.165) is 25.9 Å². The molecular weight excluding hydrogens is 204 g/mol. The van der Waals surface area contributed by atoms with Gasteiger partial charge in [-0.1, -0.05) is 0 Å². The smallest absolute Gasteiger partial charge is 0.304 e. The lowest BCUT2D eigenvalue weighted by atomic mass is 9.98. The van der Waals surface area contributed by atoms with Crippen molar-refractivity contribution in [1.29, 1.82) is 0 Å². The molecule has 1 heterocycles. The van der Waals surface area contributed by atoms with Gasteiger partial charge >= 0.3 is 5.97 Å². The number of aliphatic carboxylic acids is 1. The Morgan fingerprint density at radius 2 is 1.94 bits per heavy atom. The normalized spacial score (nSPS) is 19.9. The molecule has 1 aliphatic heterocycles. The van der Waals surface area contributed by atoms with Gasteiger partial charge in [0.2, 0.25) is 0 Å². The van der Waals surface area contributed by atoms with E-state index in [4.69, 9.17) is 5.11 Å². The number of piperidine rings is 1. The maximum absolute atomic E-state index is 10.4. The molecule has 1 fully saturated rings. The van der Waals surface area contributed by atoms with E-state index < -0.39 is 5.97 Å². The number of carboxylic acids is 1. The van der Waals surface area contributed by atoms with Gasteiger partial charge < -0.3 is 10.4 Å². The van der Waals surface area contributed by atoms with Crippen LogP contribution in [0.3, 0.4) is 0 Å². The van der Waals surface area contributed by atoms with Crippen LogP contribution in [0.1, 0.15) is 40.0 Å². The quantitative estimate of drug-likeness (QED) is 0.762. The Morgan fingerprint density at radius 1 is 1.38 bits per heavy atom. The van der Waals surface area contributed by atoms with Crippen molar-refractivity contribution in [3.05, 3.63) is 0 Å². The van der Waals surface area contributed by atoms with Gasteiger partial charge in [0, 0.05) is 31.2 Å². The summed E-state index contributed by atoms with van der Waals surface area (Å²) in [6, 6.07) is 0.498. The van der Waals surface area contributed by atoms with E-state index in [0.29, 0.717) is 12.6 Å². The van der Waals surface area contributed by atoms with Gasteiger partial charge in [0.1, 0.15) is 0 Å². The molecule has 1 rings (SSSR count). The molecule has 0 amide bonds. The Hall–Kier alpha value is -0.610. The number of rotatable bonds is 4. The average Bonchev–Trinajstić information content (AvgIpc) is 2.16. The minimum atomic E-state index is -0.723. The number of nitrogens with one attached hydrogen (secondary N) is 1. The molecule has 2 N–H and O–H groups in total. The summed E-state index contributed by atoms with van der Waals surface area (Å²) in [5.41, 5.74) is 0.256. The molecule has 0 aromatic heterocycles. The fourth-order valence-corrected chi connectivity index (χ4v) is 2.14. The van der Waals surface area contributed by atoms with Crippen molar-refractivity contribution in [2.75, 3.05) is 19.6 Å². The molecule has 16 heavy (non-hydrogen) atoms. The van der Waals surface area contributed by atoms with Gasteiger partial charge in [0.25, 0.3) is 0 Å². The monoisotopic (exact) mass is 228 g/mol. The summed E-state index contributed by atoms with van der Waals surface area (Å²) >= 11 is 0. The highest BCUT2D eigenvalue weighted by Crippen LogP contribution is 2.19. The summed E-state index contributed by atoms with van der Waals surface area (Å²) in [6.07, 6.45) is 2.47. The van der Waals surface area contributed by atoms with Crippen molar-refractivity contribution in [2.45, 2.75) is 51.6 Å². The summed E-state index contributed by atoms with van der Waals surface area (Å²) < 4.78 is 0. The number of hydrogen-bond donors (Lipinski definition) is 2. The molecule has 94 valence electrons. The molecule has 0 saturated carbocycles. The number of likely N-dealkylation sites (tertiary alicyclic amines) is 1. The van der Waals surface area contributed by atoms with E-state index >= 15 is 0 Å². The van der Waals surface area contributed by atoms with Gasteiger partial charge in [0.15, 0.2) is 0 Å². The Morgan fingerprint density at radius 3 is 2.38 bits per heavy atom. The van der Waals surface area contributed by atoms with E-state index in [-0.39, 0.29) is 12.0 Å². The van der Waals surface area contributed by atoms with E-state index in [1.165, 1.54) is 0 Å². The van der Waals surface area contributed by atoms with Crippen LogP contribution in [-0.4, -0.2) is 47.2 Å². The molecule has 0 radical (unpaired) electrons. The SMILES string of the molecule is CC(C)(C)N1CCC(NCCC(=O)O)CC1. The maximum Gasteiger partial charge on any atom is 0.304 e. The van der Waals surface area contributed by atoms with E-state index in [1.54, 1.807) is 0 Å². The van der Waals surface area contributed by atoms with Crippen LogP contribution in [0, 0.1) is 0 Å². The van der Waals surface area contributed by atoms with Gasteiger partial charge in [0.05, 0.1) is 6.42 Å². The molecule has 0 unspecified atom stereocenters. The second-order valence-corrected chi connectivity index (χ2v) is 5.53. The highest BCUT2D eigenvalue weighted by Gasteiger charge is 2.26. The van der Waals surface area contributed by atoms with Gasteiger partial charge in [-0.3, -0.25) is 9.69 Å². The maximum atomic E-state index is 10.4. The summed E-state index contributed by atoms with van der Waals surface area (Å²) in [6.45, 7) is 9.53. The van der Waals surface area contributed by atoms with Crippen LogP contribution in [0.4, 0.5) is 0 Å².